The third-order valence-corrected chi connectivity index (χ3v) is 6.83. The first kappa shape index (κ1) is 26.6. The van der Waals surface area contributed by atoms with E-state index in [2.05, 4.69) is 22.8 Å². The molecule has 0 fully saturated rings. The van der Waals surface area contributed by atoms with Gasteiger partial charge in [0, 0.05) is 12.5 Å². The highest BCUT2D eigenvalue weighted by Crippen LogP contribution is 2.44. The van der Waals surface area contributed by atoms with Gasteiger partial charge in [-0.05, 0) is 53.0 Å². The van der Waals surface area contributed by atoms with Gasteiger partial charge in [0.25, 0.3) is 0 Å². The van der Waals surface area contributed by atoms with Crippen molar-refractivity contribution in [2.24, 2.45) is 11.8 Å². The summed E-state index contributed by atoms with van der Waals surface area (Å²) < 4.78 is 5.59. The van der Waals surface area contributed by atoms with Crippen LogP contribution in [0.4, 0.5) is 4.79 Å². The van der Waals surface area contributed by atoms with Gasteiger partial charge in [0.2, 0.25) is 5.91 Å². The van der Waals surface area contributed by atoms with Gasteiger partial charge >= 0.3 is 12.1 Å². The standard InChI is InChI=1S/C27H34N2O5S/c1-17(2)14-18(26(31)32)15-28-25(30)24(12-13-35-3)29-27(33)34-16-23-21-10-6-4-8-19(21)20-9-5-7-11-22(20)23/h4-11,17-18,23-24H,12-16H2,1-3H3,(H,28,30)(H,29,33)(H,31,32)/t18?,24-/m0/s1. The number of rotatable bonds is 12. The number of amides is 2. The van der Waals surface area contributed by atoms with Gasteiger partial charge in [0.15, 0.2) is 0 Å². The van der Waals surface area contributed by atoms with Crippen LogP contribution >= 0.6 is 11.8 Å². The van der Waals surface area contributed by atoms with Gasteiger partial charge in [-0.1, -0.05) is 62.4 Å². The number of nitrogens with one attached hydrogen (secondary N) is 2. The second-order valence-corrected chi connectivity index (χ2v) is 10.2. The summed E-state index contributed by atoms with van der Waals surface area (Å²) in [5, 5.41) is 14.8. The largest absolute Gasteiger partial charge is 0.481 e. The van der Waals surface area contributed by atoms with E-state index < -0.39 is 29.9 Å². The number of hydrogen-bond donors (Lipinski definition) is 3. The van der Waals surface area contributed by atoms with Crippen LogP contribution in [0, 0.1) is 11.8 Å². The number of benzene rings is 2. The Bertz CT molecular complexity index is 996. The van der Waals surface area contributed by atoms with Crippen LogP contribution in [0.3, 0.4) is 0 Å². The summed E-state index contributed by atoms with van der Waals surface area (Å²) in [6, 6.07) is 15.4. The lowest BCUT2D eigenvalue weighted by atomic mass is 9.97. The highest BCUT2D eigenvalue weighted by molar-refractivity contribution is 7.98. The Labute approximate surface area is 211 Å². The third kappa shape index (κ3) is 7.01. The second kappa shape index (κ2) is 12.6. The Morgan fingerprint density at radius 3 is 2.17 bits per heavy atom. The summed E-state index contributed by atoms with van der Waals surface area (Å²) in [5.74, 6) is -1.23. The molecule has 3 rings (SSSR count). The molecule has 2 amide bonds. The van der Waals surface area contributed by atoms with Crippen molar-refractivity contribution >= 4 is 29.7 Å². The van der Waals surface area contributed by atoms with Crippen LogP contribution in [-0.4, -0.2) is 54.3 Å². The van der Waals surface area contributed by atoms with E-state index in [4.69, 9.17) is 4.74 Å². The van der Waals surface area contributed by atoms with Crippen LogP contribution in [-0.2, 0) is 14.3 Å². The molecule has 0 bridgehead atoms. The first-order valence-electron chi connectivity index (χ1n) is 11.9. The second-order valence-electron chi connectivity index (χ2n) is 9.21. The number of hydrogen-bond acceptors (Lipinski definition) is 5. The van der Waals surface area contributed by atoms with Crippen molar-refractivity contribution in [3.05, 3.63) is 59.7 Å². The van der Waals surface area contributed by atoms with Crippen LogP contribution in [0.15, 0.2) is 48.5 Å². The molecule has 0 saturated carbocycles. The zero-order valence-corrected chi connectivity index (χ0v) is 21.3. The van der Waals surface area contributed by atoms with Crippen LogP contribution in [0.1, 0.15) is 43.7 Å². The molecular weight excluding hydrogens is 464 g/mol. The predicted octanol–water partition coefficient (Wildman–Crippen LogP) is 4.51. The molecule has 0 aromatic heterocycles. The average Bonchev–Trinajstić information content (AvgIpc) is 3.16. The van der Waals surface area contributed by atoms with E-state index in [0.29, 0.717) is 18.6 Å². The number of carboxylic acids is 1. The van der Waals surface area contributed by atoms with Gasteiger partial charge in [0.05, 0.1) is 5.92 Å². The molecule has 0 aliphatic heterocycles. The molecule has 1 aliphatic carbocycles. The summed E-state index contributed by atoms with van der Waals surface area (Å²) in [4.78, 5) is 37.0. The fraction of sp³-hybridized carbons (Fsp3) is 0.444. The Morgan fingerprint density at radius 1 is 1.03 bits per heavy atom. The van der Waals surface area contributed by atoms with E-state index in [1.807, 2.05) is 56.5 Å². The number of carbonyl (C=O) groups excluding carboxylic acids is 2. The minimum absolute atomic E-state index is 0.0223. The lowest BCUT2D eigenvalue weighted by Crippen LogP contribution is -2.49. The number of thioether (sulfide) groups is 1. The Hall–Kier alpha value is -3.00. The SMILES string of the molecule is CSCC[C@H](NC(=O)OCC1c2ccccc2-c2ccccc21)C(=O)NCC(CC(C)C)C(=O)O. The van der Waals surface area contributed by atoms with Crippen molar-refractivity contribution in [2.45, 2.75) is 38.6 Å². The first-order chi connectivity index (χ1) is 16.8. The van der Waals surface area contributed by atoms with Gasteiger partial charge < -0.3 is 20.5 Å². The minimum atomic E-state index is -0.941. The van der Waals surface area contributed by atoms with Gasteiger partial charge in [-0.15, -0.1) is 0 Å². The van der Waals surface area contributed by atoms with Crippen LogP contribution < -0.4 is 10.6 Å². The van der Waals surface area contributed by atoms with E-state index >= 15 is 0 Å². The summed E-state index contributed by atoms with van der Waals surface area (Å²) in [6.07, 6.45) is 2.14. The van der Waals surface area contributed by atoms with Crippen molar-refractivity contribution in [3.8, 4) is 11.1 Å². The van der Waals surface area contributed by atoms with Crippen molar-refractivity contribution in [2.75, 3.05) is 25.2 Å². The topological polar surface area (TPSA) is 105 Å². The lowest BCUT2D eigenvalue weighted by Gasteiger charge is -2.21. The average molecular weight is 499 g/mol. The van der Waals surface area contributed by atoms with Gasteiger partial charge in [-0.2, -0.15) is 11.8 Å². The first-order valence-corrected chi connectivity index (χ1v) is 13.3. The number of carboxylic acid groups (broad SMARTS) is 1. The lowest BCUT2D eigenvalue weighted by molar-refractivity contribution is -0.142. The highest BCUT2D eigenvalue weighted by Gasteiger charge is 2.30. The molecule has 7 nitrogen and oxygen atoms in total. The number of aliphatic carboxylic acids is 1. The quantitative estimate of drug-likeness (QED) is 0.398. The molecule has 0 spiro atoms. The number of fused-ring (bicyclic) bond motifs is 3. The van der Waals surface area contributed by atoms with E-state index in [-0.39, 0.29) is 25.0 Å². The van der Waals surface area contributed by atoms with Crippen LogP contribution in [0.5, 0.6) is 0 Å². The number of carbonyl (C=O) groups is 3. The molecule has 188 valence electrons. The zero-order valence-electron chi connectivity index (χ0n) is 20.5. The zero-order chi connectivity index (χ0) is 25.4. The fourth-order valence-corrected chi connectivity index (χ4v) is 4.95. The number of alkyl carbamates (subject to hydrolysis) is 1. The predicted molar refractivity (Wildman–Crippen MR) is 139 cm³/mol. The maximum atomic E-state index is 12.8. The minimum Gasteiger partial charge on any atom is -0.481 e. The summed E-state index contributed by atoms with van der Waals surface area (Å²) in [7, 11) is 0. The molecule has 2 aromatic rings. The number of ether oxygens (including phenoxy) is 1. The Morgan fingerprint density at radius 2 is 1.63 bits per heavy atom. The molecule has 35 heavy (non-hydrogen) atoms. The van der Waals surface area contributed by atoms with Gasteiger partial charge in [-0.3, -0.25) is 9.59 Å². The maximum absolute atomic E-state index is 12.8. The summed E-state index contributed by atoms with van der Waals surface area (Å²) in [6.45, 7) is 4.07. The molecule has 0 heterocycles. The van der Waals surface area contributed by atoms with Crippen LogP contribution in [0.25, 0.3) is 11.1 Å². The molecule has 3 N–H and O–H groups in total. The van der Waals surface area contributed by atoms with Crippen molar-refractivity contribution in [1.82, 2.24) is 10.6 Å². The molecule has 2 aromatic carbocycles. The van der Waals surface area contributed by atoms with Gasteiger partial charge in [0.1, 0.15) is 12.6 Å². The smallest absolute Gasteiger partial charge is 0.407 e. The third-order valence-electron chi connectivity index (χ3n) is 6.19. The van der Waals surface area contributed by atoms with Gasteiger partial charge in [-0.25, -0.2) is 4.79 Å². The van der Waals surface area contributed by atoms with Crippen LogP contribution in [0.2, 0.25) is 0 Å². The van der Waals surface area contributed by atoms with Crippen molar-refractivity contribution < 1.29 is 24.2 Å². The molecule has 8 heteroatoms. The fourth-order valence-electron chi connectivity index (χ4n) is 4.47. The molecule has 2 atom stereocenters. The summed E-state index contributed by atoms with van der Waals surface area (Å²) in [5.41, 5.74) is 4.51. The van der Waals surface area contributed by atoms with E-state index in [9.17, 15) is 19.5 Å². The Balaban J connectivity index is 1.60. The summed E-state index contributed by atoms with van der Waals surface area (Å²) >= 11 is 1.56. The normalized spacial score (nSPS) is 14.1. The Kier molecular flexibility index (Phi) is 9.60. The molecule has 0 saturated heterocycles. The molecule has 1 unspecified atom stereocenters. The van der Waals surface area contributed by atoms with Crippen molar-refractivity contribution in [1.29, 1.82) is 0 Å². The monoisotopic (exact) mass is 498 g/mol. The van der Waals surface area contributed by atoms with E-state index in [1.54, 1.807) is 11.8 Å². The molecule has 1 aliphatic rings. The van der Waals surface area contributed by atoms with E-state index in [0.717, 1.165) is 22.3 Å². The maximum Gasteiger partial charge on any atom is 0.407 e. The highest BCUT2D eigenvalue weighted by atomic mass is 32.2. The van der Waals surface area contributed by atoms with E-state index in [1.165, 1.54) is 0 Å². The van der Waals surface area contributed by atoms with Crippen molar-refractivity contribution in [3.63, 3.8) is 0 Å². The molecule has 0 radical (unpaired) electrons. The molecular formula is C27H34N2O5S.